The molecule has 0 aromatic rings. The summed E-state index contributed by atoms with van der Waals surface area (Å²) in [5.41, 5.74) is -2.20. The molecule has 4 unspecified atom stereocenters. The second-order valence-corrected chi connectivity index (χ2v) is 8.56. The number of carbonyl (C=O) groups excluding carboxylic acids is 3. The summed E-state index contributed by atoms with van der Waals surface area (Å²) >= 11 is 0. The first-order chi connectivity index (χ1) is 11.7. The lowest BCUT2D eigenvalue weighted by Gasteiger charge is -2.51. The molecule has 0 spiro atoms. The highest BCUT2D eigenvalue weighted by molar-refractivity contribution is 5.82. The maximum absolute atomic E-state index is 12.7. The van der Waals surface area contributed by atoms with Gasteiger partial charge in [0, 0.05) is 25.7 Å². The van der Waals surface area contributed by atoms with Crippen molar-refractivity contribution in [1.82, 2.24) is 0 Å². The summed E-state index contributed by atoms with van der Waals surface area (Å²) < 4.78 is 16.9. The zero-order chi connectivity index (χ0) is 18.5. The van der Waals surface area contributed by atoms with Crippen molar-refractivity contribution in [3.05, 3.63) is 0 Å². The van der Waals surface area contributed by atoms with Crippen LogP contribution >= 0.6 is 0 Å². The molecule has 2 aliphatic heterocycles. The highest BCUT2D eigenvalue weighted by Crippen LogP contribution is 2.58. The van der Waals surface area contributed by atoms with E-state index in [-0.39, 0.29) is 17.9 Å². The number of fused-ring (bicyclic) bond motifs is 1. The number of hydrogen-bond donors (Lipinski definition) is 0. The van der Waals surface area contributed by atoms with Crippen LogP contribution in [0.3, 0.4) is 0 Å². The summed E-state index contributed by atoms with van der Waals surface area (Å²) in [6.45, 7) is 7.72. The summed E-state index contributed by atoms with van der Waals surface area (Å²) in [6, 6.07) is 0. The van der Waals surface area contributed by atoms with E-state index in [0.717, 1.165) is 0 Å². The first-order valence-corrected chi connectivity index (χ1v) is 9.26. The Hall–Kier alpha value is -1.59. The number of esters is 3. The van der Waals surface area contributed by atoms with Crippen LogP contribution < -0.4 is 0 Å². The minimum absolute atomic E-state index is 0.274. The molecule has 6 nitrogen and oxygen atoms in total. The lowest BCUT2D eigenvalue weighted by atomic mass is 9.56. The van der Waals surface area contributed by atoms with Gasteiger partial charge in [0.2, 0.25) is 0 Å². The van der Waals surface area contributed by atoms with Gasteiger partial charge < -0.3 is 14.2 Å². The average molecular weight is 352 g/mol. The third kappa shape index (κ3) is 3.04. The van der Waals surface area contributed by atoms with Crippen LogP contribution in [-0.2, 0) is 28.6 Å². The van der Waals surface area contributed by atoms with E-state index in [9.17, 15) is 14.4 Å². The molecule has 4 aliphatic rings. The van der Waals surface area contributed by atoms with Gasteiger partial charge in [0.15, 0.2) is 0 Å². The maximum atomic E-state index is 12.7. The second kappa shape index (κ2) is 5.99. The molecule has 2 saturated carbocycles. The fourth-order valence-corrected chi connectivity index (χ4v) is 4.62. The maximum Gasteiger partial charge on any atom is 0.312 e. The van der Waals surface area contributed by atoms with Gasteiger partial charge in [-0.05, 0) is 33.6 Å². The standard InChI is InChI=1S/C19H28O6/c1-5-17(3,4)15(21)25-19-8-12-7-18(11-19,16(22)23-6-2)9-13(10-19)24-14(12)20/h12-13H,5-11H2,1-4H3. The first-order valence-electron chi connectivity index (χ1n) is 9.26. The van der Waals surface area contributed by atoms with E-state index in [2.05, 4.69) is 0 Å². The molecule has 4 rings (SSSR count). The van der Waals surface area contributed by atoms with Crippen LogP contribution in [0.5, 0.6) is 0 Å². The first kappa shape index (κ1) is 18.2. The van der Waals surface area contributed by atoms with E-state index in [0.29, 0.717) is 45.1 Å². The fourth-order valence-electron chi connectivity index (χ4n) is 4.62. The summed E-state index contributed by atoms with van der Waals surface area (Å²) in [5, 5.41) is 0. The molecule has 2 saturated heterocycles. The molecule has 0 radical (unpaired) electrons. The Balaban J connectivity index is 1.94. The second-order valence-electron chi connectivity index (χ2n) is 8.56. The quantitative estimate of drug-likeness (QED) is 0.559. The Labute approximate surface area is 148 Å². The van der Waals surface area contributed by atoms with Gasteiger partial charge in [-0.3, -0.25) is 14.4 Å². The van der Waals surface area contributed by atoms with Crippen molar-refractivity contribution in [3.8, 4) is 0 Å². The van der Waals surface area contributed by atoms with Crippen LogP contribution in [-0.4, -0.2) is 36.2 Å². The summed E-state index contributed by atoms with van der Waals surface area (Å²) in [5.74, 6) is -1.26. The highest BCUT2D eigenvalue weighted by Gasteiger charge is 2.64. The molecular weight excluding hydrogens is 324 g/mol. The Bertz CT molecular complexity index is 597. The van der Waals surface area contributed by atoms with Crippen molar-refractivity contribution in [1.29, 1.82) is 0 Å². The zero-order valence-corrected chi connectivity index (χ0v) is 15.6. The third-order valence-electron chi connectivity index (χ3n) is 6.20. The highest BCUT2D eigenvalue weighted by atomic mass is 16.6. The van der Waals surface area contributed by atoms with Gasteiger partial charge >= 0.3 is 17.9 Å². The normalized spacial score (nSPS) is 36.6. The van der Waals surface area contributed by atoms with Crippen LogP contribution in [0.2, 0.25) is 0 Å². The number of ether oxygens (including phenoxy) is 3. The van der Waals surface area contributed by atoms with Crippen LogP contribution in [0.4, 0.5) is 0 Å². The molecule has 0 aromatic carbocycles. The van der Waals surface area contributed by atoms with Gasteiger partial charge in [0.05, 0.1) is 23.4 Å². The van der Waals surface area contributed by atoms with Crippen molar-refractivity contribution >= 4 is 17.9 Å². The van der Waals surface area contributed by atoms with Crippen molar-refractivity contribution < 1.29 is 28.6 Å². The van der Waals surface area contributed by atoms with Gasteiger partial charge in [-0.25, -0.2) is 0 Å². The van der Waals surface area contributed by atoms with Crippen molar-refractivity contribution in [2.45, 2.75) is 77.9 Å². The van der Waals surface area contributed by atoms with E-state index in [4.69, 9.17) is 14.2 Å². The monoisotopic (exact) mass is 352 g/mol. The minimum Gasteiger partial charge on any atom is -0.466 e. The molecule has 2 aliphatic carbocycles. The Morgan fingerprint density at radius 1 is 1.20 bits per heavy atom. The largest absolute Gasteiger partial charge is 0.466 e. The van der Waals surface area contributed by atoms with E-state index < -0.39 is 28.5 Å². The molecule has 140 valence electrons. The fraction of sp³-hybridized carbons (Fsp3) is 0.842. The number of hydrogen-bond acceptors (Lipinski definition) is 6. The molecule has 0 amide bonds. The SMILES string of the molecule is CCOC(=O)C12CC3CC(OC(=O)C(C)(C)CC)(CC(C1)C(=O)O3)C2. The Morgan fingerprint density at radius 3 is 2.56 bits per heavy atom. The molecular formula is C19H28O6. The smallest absolute Gasteiger partial charge is 0.312 e. The predicted octanol–water partition coefficient (Wildman–Crippen LogP) is 2.77. The minimum atomic E-state index is -0.811. The molecule has 6 heteroatoms. The predicted molar refractivity (Wildman–Crippen MR) is 88.4 cm³/mol. The number of rotatable bonds is 5. The van der Waals surface area contributed by atoms with E-state index in [1.807, 2.05) is 20.8 Å². The zero-order valence-electron chi connectivity index (χ0n) is 15.6. The van der Waals surface area contributed by atoms with Crippen molar-refractivity contribution in [2.75, 3.05) is 6.61 Å². The van der Waals surface area contributed by atoms with Gasteiger partial charge in [0.25, 0.3) is 0 Å². The van der Waals surface area contributed by atoms with Gasteiger partial charge in [-0.15, -0.1) is 0 Å². The van der Waals surface area contributed by atoms with Crippen LogP contribution in [0, 0.1) is 16.7 Å². The van der Waals surface area contributed by atoms with Gasteiger partial charge in [-0.1, -0.05) is 6.92 Å². The average Bonchev–Trinajstić information content (AvgIpc) is 2.68. The summed E-state index contributed by atoms with van der Waals surface area (Å²) in [7, 11) is 0. The third-order valence-corrected chi connectivity index (χ3v) is 6.20. The van der Waals surface area contributed by atoms with Crippen LogP contribution in [0.15, 0.2) is 0 Å². The lowest BCUT2D eigenvalue weighted by molar-refractivity contribution is -0.200. The molecule has 0 aromatic heterocycles. The van der Waals surface area contributed by atoms with Crippen molar-refractivity contribution in [3.63, 3.8) is 0 Å². The Morgan fingerprint density at radius 2 is 1.92 bits per heavy atom. The van der Waals surface area contributed by atoms with E-state index >= 15 is 0 Å². The molecule has 4 atom stereocenters. The summed E-state index contributed by atoms with van der Waals surface area (Å²) in [6.07, 6.45) is 2.50. The van der Waals surface area contributed by atoms with Gasteiger partial charge in [0.1, 0.15) is 11.7 Å². The topological polar surface area (TPSA) is 78.9 Å². The molecule has 2 heterocycles. The van der Waals surface area contributed by atoms with E-state index in [1.165, 1.54) is 0 Å². The molecule has 25 heavy (non-hydrogen) atoms. The van der Waals surface area contributed by atoms with Gasteiger partial charge in [-0.2, -0.15) is 0 Å². The van der Waals surface area contributed by atoms with E-state index in [1.54, 1.807) is 6.92 Å². The molecule has 0 N–H and O–H groups in total. The van der Waals surface area contributed by atoms with Crippen LogP contribution in [0.1, 0.15) is 66.2 Å². The number of carbonyl (C=O) groups is 3. The lowest BCUT2D eigenvalue weighted by Crippen LogP contribution is -2.56. The van der Waals surface area contributed by atoms with Crippen LogP contribution in [0.25, 0.3) is 0 Å². The van der Waals surface area contributed by atoms with Crippen molar-refractivity contribution in [2.24, 2.45) is 16.7 Å². The molecule has 4 fully saturated rings. The summed E-state index contributed by atoms with van der Waals surface area (Å²) in [4.78, 5) is 37.8. The Kier molecular flexibility index (Phi) is 4.36. The molecule has 4 bridgehead atoms.